The van der Waals surface area contributed by atoms with Crippen LogP contribution in [0, 0.1) is 0 Å². The van der Waals surface area contributed by atoms with E-state index in [1.165, 1.54) is 0 Å². The number of aliphatic hydroxyl groups is 1. The Labute approximate surface area is 185 Å². The van der Waals surface area contributed by atoms with Crippen molar-refractivity contribution >= 4 is 17.5 Å². The van der Waals surface area contributed by atoms with Gasteiger partial charge in [-0.25, -0.2) is 9.67 Å². The topological polar surface area (TPSA) is 101 Å². The minimum absolute atomic E-state index is 0.215. The van der Waals surface area contributed by atoms with Gasteiger partial charge in [-0.2, -0.15) is 10.1 Å². The molecule has 0 radical (unpaired) electrons. The van der Waals surface area contributed by atoms with Crippen LogP contribution in [0.5, 0.6) is 0 Å². The molecule has 1 saturated heterocycles. The predicted molar refractivity (Wildman–Crippen MR) is 121 cm³/mol. The summed E-state index contributed by atoms with van der Waals surface area (Å²) in [6.45, 7) is 2.45. The SMILES string of the molecule is OCc1c(Nc2cccnc2)nc(N2CCOCC2)nc1-c1cccc(-n2cccn2)c1. The van der Waals surface area contributed by atoms with E-state index in [0.717, 1.165) is 16.9 Å². The third-order valence-corrected chi connectivity index (χ3v) is 5.26. The maximum absolute atomic E-state index is 10.3. The Bertz CT molecular complexity index is 1180. The number of hydrogen-bond acceptors (Lipinski definition) is 8. The molecule has 32 heavy (non-hydrogen) atoms. The summed E-state index contributed by atoms with van der Waals surface area (Å²) in [6.07, 6.45) is 7.06. The van der Waals surface area contributed by atoms with Gasteiger partial charge in [0, 0.05) is 42.8 Å². The number of rotatable bonds is 6. The van der Waals surface area contributed by atoms with Crippen molar-refractivity contribution < 1.29 is 9.84 Å². The molecule has 0 saturated carbocycles. The zero-order chi connectivity index (χ0) is 21.8. The van der Waals surface area contributed by atoms with E-state index < -0.39 is 0 Å². The standard InChI is InChI=1S/C23H23N7O2/c31-16-20-21(17-4-1-6-19(14-17)30-9-3-8-25-30)27-23(29-10-12-32-13-11-29)28-22(20)26-18-5-2-7-24-15-18/h1-9,14-15,31H,10-13,16H2,(H,26,27,28). The van der Waals surface area contributed by atoms with Crippen molar-refractivity contribution in [1.29, 1.82) is 0 Å². The Hall–Kier alpha value is -3.82. The first kappa shape index (κ1) is 20.1. The first-order valence-electron chi connectivity index (χ1n) is 10.4. The number of hydrogen-bond donors (Lipinski definition) is 2. The Balaban J connectivity index is 1.63. The Kier molecular flexibility index (Phi) is 5.73. The first-order chi connectivity index (χ1) is 15.8. The molecule has 1 aromatic carbocycles. The largest absolute Gasteiger partial charge is 0.391 e. The van der Waals surface area contributed by atoms with Gasteiger partial charge in [-0.3, -0.25) is 4.98 Å². The van der Waals surface area contributed by atoms with Crippen molar-refractivity contribution in [3.8, 4) is 16.9 Å². The molecule has 9 heteroatoms. The number of pyridine rings is 1. The maximum atomic E-state index is 10.3. The maximum Gasteiger partial charge on any atom is 0.228 e. The smallest absolute Gasteiger partial charge is 0.228 e. The molecule has 9 nitrogen and oxygen atoms in total. The number of benzene rings is 1. The fraction of sp³-hybridized carbons (Fsp3) is 0.217. The highest BCUT2D eigenvalue weighted by atomic mass is 16.5. The zero-order valence-electron chi connectivity index (χ0n) is 17.4. The lowest BCUT2D eigenvalue weighted by atomic mass is 10.1. The molecule has 1 aliphatic heterocycles. The molecule has 4 heterocycles. The third kappa shape index (κ3) is 4.16. The zero-order valence-corrected chi connectivity index (χ0v) is 17.4. The average Bonchev–Trinajstić information content (AvgIpc) is 3.40. The molecule has 0 atom stereocenters. The lowest BCUT2D eigenvalue weighted by Gasteiger charge is -2.28. The van der Waals surface area contributed by atoms with E-state index in [9.17, 15) is 5.11 Å². The monoisotopic (exact) mass is 429 g/mol. The van der Waals surface area contributed by atoms with Crippen LogP contribution in [0.25, 0.3) is 16.9 Å². The highest BCUT2D eigenvalue weighted by Crippen LogP contribution is 2.32. The number of aromatic nitrogens is 5. The second kappa shape index (κ2) is 9.13. The fourth-order valence-corrected chi connectivity index (χ4v) is 3.66. The molecule has 162 valence electrons. The van der Waals surface area contributed by atoms with Crippen molar-refractivity contribution in [3.05, 3.63) is 72.8 Å². The van der Waals surface area contributed by atoms with E-state index in [0.29, 0.717) is 49.3 Å². The molecule has 5 rings (SSSR count). The van der Waals surface area contributed by atoms with Crippen molar-refractivity contribution in [2.75, 3.05) is 36.5 Å². The number of nitrogens with zero attached hydrogens (tertiary/aromatic N) is 6. The van der Waals surface area contributed by atoms with Crippen LogP contribution in [0.15, 0.2) is 67.3 Å². The molecule has 1 aliphatic rings. The van der Waals surface area contributed by atoms with E-state index in [1.54, 1.807) is 23.3 Å². The van der Waals surface area contributed by atoms with Gasteiger partial charge in [-0.05, 0) is 30.3 Å². The van der Waals surface area contributed by atoms with Gasteiger partial charge in [0.25, 0.3) is 0 Å². The number of morpholine rings is 1. The number of nitrogens with one attached hydrogen (secondary N) is 1. The van der Waals surface area contributed by atoms with E-state index in [-0.39, 0.29) is 6.61 Å². The fourth-order valence-electron chi connectivity index (χ4n) is 3.66. The average molecular weight is 429 g/mol. The van der Waals surface area contributed by atoms with Crippen LogP contribution in [-0.4, -0.2) is 56.1 Å². The lowest BCUT2D eigenvalue weighted by Crippen LogP contribution is -2.37. The van der Waals surface area contributed by atoms with E-state index in [4.69, 9.17) is 14.7 Å². The molecular formula is C23H23N7O2. The van der Waals surface area contributed by atoms with Crippen molar-refractivity contribution in [2.45, 2.75) is 6.61 Å². The van der Waals surface area contributed by atoms with Gasteiger partial charge in [0.15, 0.2) is 0 Å². The summed E-state index contributed by atoms with van der Waals surface area (Å²) < 4.78 is 7.29. The summed E-state index contributed by atoms with van der Waals surface area (Å²) in [5.74, 6) is 1.15. The van der Waals surface area contributed by atoms with E-state index in [1.807, 2.05) is 48.7 Å². The molecule has 3 aromatic heterocycles. The summed E-state index contributed by atoms with van der Waals surface area (Å²) >= 11 is 0. The van der Waals surface area contributed by atoms with Crippen LogP contribution < -0.4 is 10.2 Å². The molecule has 2 N–H and O–H groups in total. The van der Waals surface area contributed by atoms with Crippen LogP contribution in [-0.2, 0) is 11.3 Å². The van der Waals surface area contributed by atoms with Gasteiger partial charge in [0.05, 0.1) is 43.1 Å². The quantitative estimate of drug-likeness (QED) is 0.483. The third-order valence-electron chi connectivity index (χ3n) is 5.26. The molecule has 0 bridgehead atoms. The number of ether oxygens (including phenoxy) is 1. The molecule has 0 amide bonds. The number of aliphatic hydroxyl groups excluding tert-OH is 1. The highest BCUT2D eigenvalue weighted by molar-refractivity contribution is 5.74. The van der Waals surface area contributed by atoms with Gasteiger partial charge < -0.3 is 20.1 Å². The minimum Gasteiger partial charge on any atom is -0.391 e. The Morgan fingerprint density at radius 2 is 1.94 bits per heavy atom. The Morgan fingerprint density at radius 1 is 1.03 bits per heavy atom. The van der Waals surface area contributed by atoms with Crippen molar-refractivity contribution in [2.24, 2.45) is 0 Å². The Morgan fingerprint density at radius 3 is 2.69 bits per heavy atom. The van der Waals surface area contributed by atoms with Crippen LogP contribution in [0.2, 0.25) is 0 Å². The van der Waals surface area contributed by atoms with Crippen LogP contribution in [0.4, 0.5) is 17.5 Å². The molecule has 0 unspecified atom stereocenters. The summed E-state index contributed by atoms with van der Waals surface area (Å²) in [5.41, 5.74) is 3.84. The van der Waals surface area contributed by atoms with E-state index in [2.05, 4.69) is 20.3 Å². The van der Waals surface area contributed by atoms with Gasteiger partial charge in [-0.15, -0.1) is 0 Å². The van der Waals surface area contributed by atoms with Crippen LogP contribution in [0.3, 0.4) is 0 Å². The van der Waals surface area contributed by atoms with Gasteiger partial charge in [0.1, 0.15) is 5.82 Å². The number of anilines is 3. The van der Waals surface area contributed by atoms with Crippen LogP contribution >= 0.6 is 0 Å². The van der Waals surface area contributed by atoms with Gasteiger partial charge in [-0.1, -0.05) is 12.1 Å². The minimum atomic E-state index is -0.215. The second-order valence-corrected chi connectivity index (χ2v) is 7.32. The predicted octanol–water partition coefficient (Wildman–Crippen LogP) is 2.80. The highest BCUT2D eigenvalue weighted by Gasteiger charge is 2.21. The van der Waals surface area contributed by atoms with E-state index >= 15 is 0 Å². The van der Waals surface area contributed by atoms with Gasteiger partial charge in [0.2, 0.25) is 5.95 Å². The summed E-state index contributed by atoms with van der Waals surface area (Å²) in [4.78, 5) is 15.9. The summed E-state index contributed by atoms with van der Waals surface area (Å²) in [7, 11) is 0. The molecule has 1 fully saturated rings. The van der Waals surface area contributed by atoms with Gasteiger partial charge >= 0.3 is 0 Å². The molecule has 0 aliphatic carbocycles. The molecule has 4 aromatic rings. The van der Waals surface area contributed by atoms with Crippen molar-refractivity contribution in [3.63, 3.8) is 0 Å². The molecule has 0 spiro atoms. The lowest BCUT2D eigenvalue weighted by molar-refractivity contribution is 0.122. The molecular weight excluding hydrogens is 406 g/mol. The van der Waals surface area contributed by atoms with Crippen LogP contribution in [0.1, 0.15) is 5.56 Å². The first-order valence-corrected chi connectivity index (χ1v) is 10.4. The summed E-state index contributed by atoms with van der Waals surface area (Å²) in [6, 6.07) is 13.5. The normalized spacial score (nSPS) is 13.8. The summed E-state index contributed by atoms with van der Waals surface area (Å²) in [5, 5.41) is 17.9. The van der Waals surface area contributed by atoms with Crippen molar-refractivity contribution in [1.82, 2.24) is 24.7 Å². The second-order valence-electron chi connectivity index (χ2n) is 7.32.